The minimum Gasteiger partial charge on any atom is -0.484 e. The summed E-state index contributed by atoms with van der Waals surface area (Å²) in [5, 5.41) is 0. The maximum Gasteiger partial charge on any atom is 0.317 e. The fourth-order valence-electron chi connectivity index (χ4n) is 2.43. The molecule has 25 heavy (non-hydrogen) atoms. The van der Waals surface area contributed by atoms with Crippen molar-refractivity contribution >= 4 is 5.91 Å². The van der Waals surface area contributed by atoms with Gasteiger partial charge in [-0.3, -0.25) is 4.79 Å². The van der Waals surface area contributed by atoms with Crippen molar-refractivity contribution < 1.29 is 18.4 Å². The van der Waals surface area contributed by atoms with Crippen LogP contribution in [0.3, 0.4) is 0 Å². The highest BCUT2D eigenvalue weighted by atomic mass is 19.2. The number of rotatable bonds is 5. The van der Waals surface area contributed by atoms with E-state index < -0.39 is 5.91 Å². The molecule has 0 saturated carbocycles. The molecule has 0 spiro atoms. The Morgan fingerprint density at radius 2 is 1.92 bits per heavy atom. The molecule has 0 aliphatic heterocycles. The van der Waals surface area contributed by atoms with Gasteiger partial charge in [0.25, 0.3) is 0 Å². The van der Waals surface area contributed by atoms with E-state index in [9.17, 15) is 9.28 Å². The summed E-state index contributed by atoms with van der Waals surface area (Å²) in [7, 11) is 0. The second kappa shape index (κ2) is 7.17. The molecule has 128 valence electrons. The smallest absolute Gasteiger partial charge is 0.317 e. The van der Waals surface area contributed by atoms with E-state index in [-0.39, 0.29) is 24.0 Å². The Bertz CT molecular complexity index is 891. The van der Waals surface area contributed by atoms with E-state index in [1.807, 2.05) is 38.1 Å². The third kappa shape index (κ3) is 3.52. The van der Waals surface area contributed by atoms with Crippen molar-refractivity contribution in [3.05, 3.63) is 71.3 Å². The molecule has 0 aliphatic carbocycles. The number of carbonyl (C=O) groups excluding carboxylic acids is 1. The average Bonchev–Trinajstić information content (AvgIpc) is 3.07. The molecule has 0 bridgehead atoms. The number of hydrogen-bond acceptors (Lipinski definition) is 4. The second-order valence-corrected chi connectivity index (χ2v) is 5.56. The summed E-state index contributed by atoms with van der Waals surface area (Å²) in [6.07, 6.45) is 0. The number of halogens is 1. The van der Waals surface area contributed by atoms with E-state index in [1.54, 1.807) is 24.3 Å². The van der Waals surface area contributed by atoms with Crippen molar-refractivity contribution in [1.29, 1.82) is 0 Å². The minimum atomic E-state index is -0.982. The van der Waals surface area contributed by atoms with Crippen molar-refractivity contribution in [2.75, 3.05) is 0 Å². The molecular weight excluding hydrogens is 323 g/mol. The maximum absolute atomic E-state index is 12.6. The standard InChI is InChI=1S/C19H17FN2O3/c1-12-7-6-10-15(13(12)2)24-11-16-21-17(14-8-4-3-5-9-14)18(25-16)19(23)22-20/h3-10H,11H2,1-2H3,(H,22,23). The van der Waals surface area contributed by atoms with Gasteiger partial charge in [-0.25, -0.2) is 4.98 Å². The van der Waals surface area contributed by atoms with Crippen LogP contribution in [0.2, 0.25) is 0 Å². The molecule has 3 rings (SSSR count). The maximum atomic E-state index is 12.6. The quantitative estimate of drug-likeness (QED) is 0.709. The Kier molecular flexibility index (Phi) is 4.79. The Morgan fingerprint density at radius 1 is 1.16 bits per heavy atom. The van der Waals surface area contributed by atoms with E-state index in [0.29, 0.717) is 11.3 Å². The Labute approximate surface area is 144 Å². The lowest BCUT2D eigenvalue weighted by Crippen LogP contribution is -2.13. The third-order valence-corrected chi connectivity index (χ3v) is 3.92. The molecule has 2 aromatic carbocycles. The van der Waals surface area contributed by atoms with Crippen LogP contribution in [0.15, 0.2) is 52.9 Å². The highest BCUT2D eigenvalue weighted by Gasteiger charge is 2.22. The van der Waals surface area contributed by atoms with Crippen molar-refractivity contribution in [2.45, 2.75) is 20.5 Å². The summed E-state index contributed by atoms with van der Waals surface area (Å²) in [4.78, 5) is 16.0. The lowest BCUT2D eigenvalue weighted by molar-refractivity contribution is 0.0826. The first-order valence-electron chi connectivity index (χ1n) is 7.75. The molecule has 5 nitrogen and oxygen atoms in total. The van der Waals surface area contributed by atoms with Gasteiger partial charge < -0.3 is 9.15 Å². The third-order valence-electron chi connectivity index (χ3n) is 3.92. The second-order valence-electron chi connectivity index (χ2n) is 5.56. The van der Waals surface area contributed by atoms with Crippen LogP contribution in [0.5, 0.6) is 5.75 Å². The largest absolute Gasteiger partial charge is 0.484 e. The fraction of sp³-hybridized carbons (Fsp3) is 0.158. The van der Waals surface area contributed by atoms with Gasteiger partial charge >= 0.3 is 5.91 Å². The van der Waals surface area contributed by atoms with Gasteiger partial charge in [0, 0.05) is 5.56 Å². The molecule has 0 aliphatic rings. The number of amides is 1. The van der Waals surface area contributed by atoms with E-state index in [2.05, 4.69) is 4.98 Å². The van der Waals surface area contributed by atoms with E-state index in [0.717, 1.165) is 16.7 Å². The van der Waals surface area contributed by atoms with Crippen LogP contribution in [-0.4, -0.2) is 10.9 Å². The first-order chi connectivity index (χ1) is 12.1. The fourth-order valence-corrected chi connectivity index (χ4v) is 2.43. The normalized spacial score (nSPS) is 10.5. The molecule has 0 radical (unpaired) electrons. The van der Waals surface area contributed by atoms with Gasteiger partial charge in [-0.1, -0.05) is 46.9 Å². The molecule has 6 heteroatoms. The SMILES string of the molecule is Cc1cccc(OCc2nc(-c3ccccc3)c(C(=O)NF)o2)c1C. The molecule has 0 fully saturated rings. The monoisotopic (exact) mass is 340 g/mol. The molecule has 1 heterocycles. The van der Waals surface area contributed by atoms with Gasteiger partial charge in [-0.05, 0) is 31.0 Å². The molecule has 1 N–H and O–H groups in total. The van der Waals surface area contributed by atoms with Crippen molar-refractivity contribution in [3.63, 3.8) is 0 Å². The summed E-state index contributed by atoms with van der Waals surface area (Å²) >= 11 is 0. The van der Waals surface area contributed by atoms with Crippen LogP contribution in [0.25, 0.3) is 11.3 Å². The molecule has 1 aromatic heterocycles. The number of nitrogens with zero attached hydrogens (tertiary/aromatic N) is 1. The number of aryl methyl sites for hydroxylation is 1. The Balaban J connectivity index is 1.89. The van der Waals surface area contributed by atoms with Crippen LogP contribution in [0.4, 0.5) is 4.48 Å². The number of hydrogen-bond donors (Lipinski definition) is 1. The zero-order valence-electron chi connectivity index (χ0n) is 13.9. The Morgan fingerprint density at radius 3 is 2.64 bits per heavy atom. The average molecular weight is 340 g/mol. The topological polar surface area (TPSA) is 64.4 Å². The van der Waals surface area contributed by atoms with Gasteiger partial charge in [-0.15, -0.1) is 0 Å². The van der Waals surface area contributed by atoms with Crippen molar-refractivity contribution in [3.8, 4) is 17.0 Å². The molecule has 0 unspecified atom stereocenters. The van der Waals surface area contributed by atoms with Crippen LogP contribution >= 0.6 is 0 Å². The van der Waals surface area contributed by atoms with E-state index in [4.69, 9.17) is 9.15 Å². The number of nitrogens with one attached hydrogen (secondary N) is 1. The predicted octanol–water partition coefficient (Wildman–Crippen LogP) is 4.15. The van der Waals surface area contributed by atoms with Crippen molar-refractivity contribution in [2.24, 2.45) is 0 Å². The summed E-state index contributed by atoms with van der Waals surface area (Å²) in [5.41, 5.74) is 4.13. The van der Waals surface area contributed by atoms with Gasteiger partial charge in [0.2, 0.25) is 11.7 Å². The number of ether oxygens (including phenoxy) is 1. The van der Waals surface area contributed by atoms with Crippen LogP contribution < -0.4 is 10.3 Å². The summed E-state index contributed by atoms with van der Waals surface area (Å²) in [6, 6.07) is 14.7. The summed E-state index contributed by atoms with van der Waals surface area (Å²) in [6.45, 7) is 3.98. The lowest BCUT2D eigenvalue weighted by atomic mass is 10.1. The number of carbonyl (C=O) groups is 1. The number of oxazole rings is 1. The zero-order chi connectivity index (χ0) is 17.8. The minimum absolute atomic E-state index is 0.0314. The zero-order valence-corrected chi connectivity index (χ0v) is 13.9. The Hall–Kier alpha value is -3.15. The highest BCUT2D eigenvalue weighted by Crippen LogP contribution is 2.26. The van der Waals surface area contributed by atoms with Gasteiger partial charge in [0.05, 0.1) is 0 Å². The molecular formula is C19H17FN2O3. The first-order valence-corrected chi connectivity index (χ1v) is 7.75. The number of aromatic nitrogens is 1. The first kappa shape index (κ1) is 16.7. The molecule has 3 aromatic rings. The molecule has 0 atom stereocenters. The van der Waals surface area contributed by atoms with Crippen molar-refractivity contribution in [1.82, 2.24) is 10.5 Å². The van der Waals surface area contributed by atoms with Gasteiger partial charge in [-0.2, -0.15) is 5.54 Å². The lowest BCUT2D eigenvalue weighted by Gasteiger charge is -2.08. The van der Waals surface area contributed by atoms with Crippen LogP contribution in [-0.2, 0) is 6.61 Å². The molecule has 0 saturated heterocycles. The summed E-state index contributed by atoms with van der Waals surface area (Å²) < 4.78 is 23.8. The van der Waals surface area contributed by atoms with Crippen LogP contribution in [0, 0.1) is 13.8 Å². The predicted molar refractivity (Wildman–Crippen MR) is 90.8 cm³/mol. The summed E-state index contributed by atoms with van der Waals surface area (Å²) in [5.74, 6) is -0.271. The van der Waals surface area contributed by atoms with Gasteiger partial charge in [0.15, 0.2) is 6.61 Å². The number of benzene rings is 2. The van der Waals surface area contributed by atoms with Crippen LogP contribution in [0.1, 0.15) is 27.6 Å². The highest BCUT2D eigenvalue weighted by molar-refractivity contribution is 5.96. The molecule has 1 amide bonds. The van der Waals surface area contributed by atoms with E-state index >= 15 is 0 Å². The van der Waals surface area contributed by atoms with Gasteiger partial charge in [0.1, 0.15) is 11.4 Å². The van der Waals surface area contributed by atoms with E-state index in [1.165, 1.54) is 0 Å².